The fraction of sp³-hybridized carbons (Fsp3) is 0.429. The van der Waals surface area contributed by atoms with Crippen LogP contribution in [-0.2, 0) is 6.42 Å². The molecule has 108 valence electrons. The molecule has 20 heavy (non-hydrogen) atoms. The van der Waals surface area contributed by atoms with Gasteiger partial charge in [-0.2, -0.15) is 0 Å². The molecular weight excluding hydrogens is 325 g/mol. The summed E-state index contributed by atoms with van der Waals surface area (Å²) in [5, 5.41) is 11.3. The molecule has 0 aliphatic carbocycles. The average Bonchev–Trinajstić information content (AvgIpc) is 2.79. The van der Waals surface area contributed by atoms with Gasteiger partial charge < -0.3 is 9.73 Å². The lowest BCUT2D eigenvalue weighted by molar-refractivity contribution is 0.411. The molecule has 0 unspecified atom stereocenters. The minimum absolute atomic E-state index is 0.0500. The summed E-state index contributed by atoms with van der Waals surface area (Å²) in [5.41, 5.74) is 0.613. The van der Waals surface area contributed by atoms with Crippen LogP contribution in [0.3, 0.4) is 0 Å². The zero-order valence-corrected chi connectivity index (χ0v) is 13.3. The summed E-state index contributed by atoms with van der Waals surface area (Å²) < 4.78 is 19.5. The first-order valence-corrected chi connectivity index (χ1v) is 7.17. The van der Waals surface area contributed by atoms with Crippen molar-refractivity contribution in [2.24, 2.45) is 0 Å². The van der Waals surface area contributed by atoms with Crippen molar-refractivity contribution in [1.29, 1.82) is 0 Å². The summed E-state index contributed by atoms with van der Waals surface area (Å²) in [6.45, 7) is 7.03. The van der Waals surface area contributed by atoms with E-state index in [9.17, 15) is 4.39 Å². The van der Waals surface area contributed by atoms with E-state index in [1.54, 1.807) is 6.07 Å². The molecule has 0 amide bonds. The van der Waals surface area contributed by atoms with Gasteiger partial charge in [-0.25, -0.2) is 4.39 Å². The van der Waals surface area contributed by atoms with Gasteiger partial charge in [-0.1, -0.05) is 0 Å². The third-order valence-electron chi connectivity index (χ3n) is 2.62. The summed E-state index contributed by atoms with van der Waals surface area (Å²) in [5.74, 6) is 0.521. The molecule has 0 bridgehead atoms. The highest BCUT2D eigenvalue weighted by Crippen LogP contribution is 2.27. The normalized spacial score (nSPS) is 11.8. The molecule has 4 nitrogen and oxygen atoms in total. The Morgan fingerprint density at radius 2 is 2.05 bits per heavy atom. The van der Waals surface area contributed by atoms with Crippen LogP contribution in [0.15, 0.2) is 27.1 Å². The van der Waals surface area contributed by atoms with Crippen LogP contribution in [0.4, 0.5) is 4.39 Å². The van der Waals surface area contributed by atoms with E-state index >= 15 is 0 Å². The van der Waals surface area contributed by atoms with E-state index in [4.69, 9.17) is 4.42 Å². The van der Waals surface area contributed by atoms with Gasteiger partial charge in [0.2, 0.25) is 11.8 Å². The van der Waals surface area contributed by atoms with E-state index in [0.29, 0.717) is 23.8 Å². The van der Waals surface area contributed by atoms with E-state index < -0.39 is 0 Å². The molecule has 0 saturated carbocycles. The minimum atomic E-state index is -0.336. The Morgan fingerprint density at radius 1 is 1.30 bits per heavy atom. The Labute approximate surface area is 125 Å². The molecule has 0 spiro atoms. The fourth-order valence-electron chi connectivity index (χ4n) is 1.67. The molecule has 1 heterocycles. The van der Waals surface area contributed by atoms with Gasteiger partial charge in [0.1, 0.15) is 5.82 Å². The number of hydrogen-bond acceptors (Lipinski definition) is 4. The highest BCUT2D eigenvalue weighted by atomic mass is 79.9. The van der Waals surface area contributed by atoms with E-state index in [1.807, 2.05) is 0 Å². The van der Waals surface area contributed by atoms with Crippen molar-refractivity contribution in [3.8, 4) is 11.5 Å². The predicted octanol–water partition coefficient (Wildman–Crippen LogP) is 3.57. The second kappa shape index (κ2) is 6.01. The SMILES string of the molecule is CC(C)(C)NCCc1nnc(-c2cc(F)ccc2Br)o1. The van der Waals surface area contributed by atoms with Crippen molar-refractivity contribution in [1.82, 2.24) is 15.5 Å². The average molecular weight is 342 g/mol. The minimum Gasteiger partial charge on any atom is -0.421 e. The highest BCUT2D eigenvalue weighted by molar-refractivity contribution is 9.10. The number of rotatable bonds is 4. The summed E-state index contributed by atoms with van der Waals surface area (Å²) >= 11 is 3.35. The van der Waals surface area contributed by atoms with Gasteiger partial charge in [-0.05, 0) is 54.9 Å². The van der Waals surface area contributed by atoms with Crippen LogP contribution in [0.1, 0.15) is 26.7 Å². The smallest absolute Gasteiger partial charge is 0.248 e. The maximum atomic E-state index is 13.3. The van der Waals surface area contributed by atoms with Gasteiger partial charge in [0.05, 0.1) is 5.56 Å². The number of aromatic nitrogens is 2. The first-order valence-electron chi connectivity index (χ1n) is 6.38. The lowest BCUT2D eigenvalue weighted by Crippen LogP contribution is -2.37. The molecule has 6 heteroatoms. The van der Waals surface area contributed by atoms with E-state index in [1.165, 1.54) is 12.1 Å². The molecule has 1 aromatic heterocycles. The zero-order chi connectivity index (χ0) is 14.8. The van der Waals surface area contributed by atoms with Gasteiger partial charge in [0.25, 0.3) is 0 Å². The lowest BCUT2D eigenvalue weighted by Gasteiger charge is -2.19. The Kier molecular flexibility index (Phi) is 4.55. The Balaban J connectivity index is 2.07. The molecule has 1 N–H and O–H groups in total. The van der Waals surface area contributed by atoms with Gasteiger partial charge in [-0.15, -0.1) is 10.2 Å². The van der Waals surface area contributed by atoms with Crippen molar-refractivity contribution in [2.75, 3.05) is 6.54 Å². The molecular formula is C14H17BrFN3O. The topological polar surface area (TPSA) is 51.0 Å². The Morgan fingerprint density at radius 3 is 2.75 bits per heavy atom. The molecule has 0 fully saturated rings. The number of hydrogen-bond donors (Lipinski definition) is 1. The van der Waals surface area contributed by atoms with E-state index in [2.05, 4.69) is 52.2 Å². The molecule has 2 rings (SSSR count). The summed E-state index contributed by atoms with van der Waals surface area (Å²) in [7, 11) is 0. The predicted molar refractivity (Wildman–Crippen MR) is 78.9 cm³/mol. The Bertz CT molecular complexity index is 592. The molecule has 0 atom stereocenters. The zero-order valence-electron chi connectivity index (χ0n) is 11.7. The summed E-state index contributed by atoms with van der Waals surface area (Å²) in [6, 6.07) is 4.36. The van der Waals surface area contributed by atoms with Crippen molar-refractivity contribution >= 4 is 15.9 Å². The largest absolute Gasteiger partial charge is 0.421 e. The van der Waals surface area contributed by atoms with Crippen molar-refractivity contribution in [2.45, 2.75) is 32.7 Å². The van der Waals surface area contributed by atoms with Gasteiger partial charge >= 0.3 is 0 Å². The monoisotopic (exact) mass is 341 g/mol. The maximum Gasteiger partial charge on any atom is 0.248 e. The first kappa shape index (κ1) is 15.1. The van der Waals surface area contributed by atoms with Crippen LogP contribution < -0.4 is 5.32 Å². The lowest BCUT2D eigenvalue weighted by atomic mass is 10.1. The standard InChI is InChI=1S/C14H17BrFN3O/c1-14(2,3)17-7-6-12-18-19-13(20-12)10-8-9(16)4-5-11(10)15/h4-5,8,17H,6-7H2,1-3H3. The maximum absolute atomic E-state index is 13.3. The quantitative estimate of drug-likeness (QED) is 0.923. The van der Waals surface area contributed by atoms with Crippen LogP contribution in [-0.4, -0.2) is 22.3 Å². The fourth-order valence-corrected chi connectivity index (χ4v) is 2.09. The number of nitrogens with one attached hydrogen (secondary N) is 1. The van der Waals surface area contributed by atoms with Crippen LogP contribution >= 0.6 is 15.9 Å². The molecule has 0 radical (unpaired) electrons. The van der Waals surface area contributed by atoms with E-state index in [-0.39, 0.29) is 11.4 Å². The molecule has 0 aliphatic rings. The molecule has 0 aliphatic heterocycles. The first-order chi connectivity index (χ1) is 9.35. The van der Waals surface area contributed by atoms with Crippen molar-refractivity contribution in [3.63, 3.8) is 0 Å². The van der Waals surface area contributed by atoms with Crippen LogP contribution in [0, 0.1) is 5.82 Å². The third kappa shape index (κ3) is 4.11. The molecule has 2 aromatic rings. The van der Waals surface area contributed by atoms with E-state index in [0.717, 1.165) is 11.0 Å². The molecule has 0 saturated heterocycles. The Hall–Kier alpha value is -1.27. The third-order valence-corrected chi connectivity index (χ3v) is 3.31. The van der Waals surface area contributed by atoms with Crippen LogP contribution in [0.5, 0.6) is 0 Å². The number of benzene rings is 1. The van der Waals surface area contributed by atoms with Gasteiger partial charge in [0.15, 0.2) is 0 Å². The number of halogens is 2. The second-order valence-corrected chi connectivity index (χ2v) is 6.41. The van der Waals surface area contributed by atoms with Crippen molar-refractivity contribution < 1.29 is 8.81 Å². The number of nitrogens with zero attached hydrogens (tertiary/aromatic N) is 2. The highest BCUT2D eigenvalue weighted by Gasteiger charge is 2.14. The second-order valence-electron chi connectivity index (χ2n) is 5.55. The van der Waals surface area contributed by atoms with Crippen molar-refractivity contribution in [3.05, 3.63) is 34.4 Å². The van der Waals surface area contributed by atoms with Gasteiger partial charge in [-0.3, -0.25) is 0 Å². The molecule has 1 aromatic carbocycles. The summed E-state index contributed by atoms with van der Waals surface area (Å²) in [6.07, 6.45) is 0.636. The summed E-state index contributed by atoms with van der Waals surface area (Å²) in [4.78, 5) is 0. The van der Waals surface area contributed by atoms with Gasteiger partial charge in [0, 0.05) is 23.0 Å². The van der Waals surface area contributed by atoms with Crippen LogP contribution in [0.2, 0.25) is 0 Å². The van der Waals surface area contributed by atoms with Crippen LogP contribution in [0.25, 0.3) is 11.5 Å².